The zero-order chi connectivity index (χ0) is 39.1. The molecule has 4 nitrogen and oxygen atoms in total. The van der Waals surface area contributed by atoms with E-state index in [1.54, 1.807) is 0 Å². The van der Waals surface area contributed by atoms with Crippen LogP contribution in [-0.2, 0) is 0 Å². The van der Waals surface area contributed by atoms with E-state index in [0.29, 0.717) is 0 Å². The summed E-state index contributed by atoms with van der Waals surface area (Å²) in [5.74, 6) is 0. The molecule has 59 heavy (non-hydrogen) atoms. The van der Waals surface area contributed by atoms with Crippen molar-refractivity contribution in [2.24, 2.45) is 0 Å². The highest BCUT2D eigenvalue weighted by atomic mass is 15.1. The minimum Gasteiger partial charge on any atom is -0.315 e. The van der Waals surface area contributed by atoms with Crippen molar-refractivity contribution < 1.29 is 0 Å². The lowest BCUT2D eigenvalue weighted by Gasteiger charge is -2.26. The van der Waals surface area contributed by atoms with Crippen molar-refractivity contribution in [3.8, 4) is 44.8 Å². The van der Waals surface area contributed by atoms with Crippen molar-refractivity contribution >= 4 is 49.8 Å². The average Bonchev–Trinajstić information content (AvgIpc) is 3.90. The van der Waals surface area contributed by atoms with E-state index >= 15 is 0 Å². The molecule has 278 valence electrons. The number of aromatic nitrogens is 3. The number of benzene rings is 8. The molecule has 0 N–H and O–H groups in total. The molecule has 11 aromatic rings. The Morgan fingerprint density at radius 1 is 0.373 bits per heavy atom. The lowest BCUT2D eigenvalue weighted by Crippen LogP contribution is -2.09. The van der Waals surface area contributed by atoms with Gasteiger partial charge in [-0.25, -0.2) is 0 Å². The fraction of sp³-hybridized carbons (Fsp3) is 0. The molecule has 3 heterocycles. The Labute approximate surface area is 343 Å². The van der Waals surface area contributed by atoms with E-state index in [9.17, 15) is 0 Å². The molecule has 8 aromatic carbocycles. The predicted octanol–water partition coefficient (Wildman–Crippen LogP) is 14.6. The van der Waals surface area contributed by atoms with Gasteiger partial charge in [0, 0.05) is 63.2 Å². The molecule has 0 unspecified atom stereocenters. The van der Waals surface area contributed by atoms with Crippen molar-refractivity contribution in [2.45, 2.75) is 0 Å². The molecule has 0 saturated heterocycles. The molecule has 3 aromatic heterocycles. The normalized spacial score (nSPS) is 11.4. The van der Waals surface area contributed by atoms with Crippen molar-refractivity contribution in [1.29, 1.82) is 0 Å². The van der Waals surface area contributed by atoms with Crippen LogP contribution in [0.4, 0.5) is 17.1 Å². The maximum absolute atomic E-state index is 4.34. The topological polar surface area (TPSA) is 26.0 Å². The van der Waals surface area contributed by atoms with Gasteiger partial charge in [-0.05, 0) is 118 Å². The molecule has 0 fully saturated rings. The molecule has 0 aliphatic rings. The second-order valence-electron chi connectivity index (χ2n) is 14.9. The lowest BCUT2D eigenvalue weighted by molar-refractivity contribution is 1.12. The number of fused-ring (bicyclic) bond motifs is 5. The van der Waals surface area contributed by atoms with E-state index in [4.69, 9.17) is 0 Å². The highest BCUT2D eigenvalue weighted by molar-refractivity contribution is 6.18. The van der Waals surface area contributed by atoms with Crippen molar-refractivity contribution in [2.75, 3.05) is 4.90 Å². The van der Waals surface area contributed by atoms with Crippen LogP contribution in [0.25, 0.3) is 77.5 Å². The Bertz CT molecular complexity index is 3120. The summed E-state index contributed by atoms with van der Waals surface area (Å²) in [5, 5.41) is 3.66. The van der Waals surface area contributed by atoms with Crippen molar-refractivity contribution in [3.05, 3.63) is 231 Å². The summed E-state index contributed by atoms with van der Waals surface area (Å²) in [4.78, 5) is 6.67. The van der Waals surface area contributed by atoms with Crippen LogP contribution < -0.4 is 4.90 Å². The van der Waals surface area contributed by atoms with Crippen LogP contribution in [0.3, 0.4) is 0 Å². The van der Waals surface area contributed by atoms with Gasteiger partial charge in [0.15, 0.2) is 0 Å². The molecule has 0 atom stereocenters. The molecular formula is C55H38N4. The number of para-hydroxylation sites is 2. The van der Waals surface area contributed by atoms with Crippen molar-refractivity contribution in [3.63, 3.8) is 0 Å². The summed E-state index contributed by atoms with van der Waals surface area (Å²) in [7, 11) is 0. The van der Waals surface area contributed by atoms with Crippen LogP contribution in [0.1, 0.15) is 0 Å². The highest BCUT2D eigenvalue weighted by Crippen LogP contribution is 2.41. The van der Waals surface area contributed by atoms with Gasteiger partial charge < -0.3 is 14.0 Å². The first kappa shape index (κ1) is 34.3. The average molecular weight is 755 g/mol. The zero-order valence-corrected chi connectivity index (χ0v) is 32.2. The van der Waals surface area contributed by atoms with Crippen LogP contribution in [-0.4, -0.2) is 14.1 Å². The first-order valence-electron chi connectivity index (χ1n) is 20.0. The van der Waals surface area contributed by atoms with E-state index in [1.165, 1.54) is 49.4 Å². The summed E-state index contributed by atoms with van der Waals surface area (Å²) in [5.41, 5.74) is 16.1. The van der Waals surface area contributed by atoms with Gasteiger partial charge in [-0.3, -0.25) is 4.98 Å². The predicted molar refractivity (Wildman–Crippen MR) is 246 cm³/mol. The summed E-state index contributed by atoms with van der Waals surface area (Å²) < 4.78 is 4.75. The second-order valence-corrected chi connectivity index (χ2v) is 14.9. The van der Waals surface area contributed by atoms with Gasteiger partial charge in [0.05, 0.1) is 16.6 Å². The van der Waals surface area contributed by atoms with Crippen LogP contribution in [0.5, 0.6) is 0 Å². The molecule has 0 aliphatic heterocycles. The minimum atomic E-state index is 1.08. The van der Waals surface area contributed by atoms with Gasteiger partial charge in [-0.1, -0.05) is 127 Å². The second kappa shape index (κ2) is 14.5. The van der Waals surface area contributed by atoms with Crippen LogP contribution in [0, 0.1) is 0 Å². The summed E-state index contributed by atoms with van der Waals surface area (Å²) in [6.07, 6.45) is 5.91. The third kappa shape index (κ3) is 6.15. The Kier molecular flexibility index (Phi) is 8.45. The third-order valence-electron chi connectivity index (χ3n) is 11.4. The molecule has 0 saturated carbocycles. The number of hydrogen-bond donors (Lipinski definition) is 0. The maximum atomic E-state index is 4.34. The first-order chi connectivity index (χ1) is 29.3. The van der Waals surface area contributed by atoms with Gasteiger partial charge in [0.2, 0.25) is 0 Å². The molecule has 0 spiro atoms. The zero-order valence-electron chi connectivity index (χ0n) is 32.2. The van der Waals surface area contributed by atoms with Crippen LogP contribution >= 0.6 is 0 Å². The van der Waals surface area contributed by atoms with E-state index in [2.05, 4.69) is 231 Å². The van der Waals surface area contributed by atoms with Gasteiger partial charge in [0.1, 0.15) is 0 Å². The Morgan fingerprint density at radius 2 is 0.898 bits per heavy atom. The van der Waals surface area contributed by atoms with Crippen molar-refractivity contribution in [1.82, 2.24) is 14.1 Å². The molecule has 11 rings (SSSR count). The molecule has 0 radical (unpaired) electrons. The number of pyridine rings is 1. The Morgan fingerprint density at radius 3 is 1.51 bits per heavy atom. The quantitative estimate of drug-likeness (QED) is 0.154. The van der Waals surface area contributed by atoms with E-state index in [1.807, 2.05) is 18.5 Å². The largest absolute Gasteiger partial charge is 0.315 e. The van der Waals surface area contributed by atoms with Crippen LogP contribution in [0.15, 0.2) is 231 Å². The fourth-order valence-electron chi connectivity index (χ4n) is 8.57. The van der Waals surface area contributed by atoms with E-state index in [0.717, 1.165) is 45.1 Å². The minimum absolute atomic E-state index is 1.08. The molecule has 4 heteroatoms. The van der Waals surface area contributed by atoms with Gasteiger partial charge in [-0.2, -0.15) is 0 Å². The summed E-state index contributed by atoms with van der Waals surface area (Å²) >= 11 is 0. The lowest BCUT2D eigenvalue weighted by atomic mass is 10.0. The Balaban J connectivity index is 1.02. The van der Waals surface area contributed by atoms with E-state index in [-0.39, 0.29) is 0 Å². The molecule has 0 amide bonds. The van der Waals surface area contributed by atoms with E-state index < -0.39 is 0 Å². The molecule has 0 bridgehead atoms. The smallest absolute Gasteiger partial charge is 0.0788 e. The number of rotatable bonds is 8. The number of hydrogen-bond acceptors (Lipinski definition) is 2. The fourth-order valence-corrected chi connectivity index (χ4v) is 8.57. The first-order valence-corrected chi connectivity index (χ1v) is 20.0. The molecular weight excluding hydrogens is 717 g/mol. The number of nitrogens with zero attached hydrogens (tertiary/aromatic N) is 4. The maximum Gasteiger partial charge on any atom is 0.0788 e. The highest BCUT2D eigenvalue weighted by Gasteiger charge is 2.19. The van der Waals surface area contributed by atoms with Gasteiger partial charge in [0.25, 0.3) is 0 Å². The Hall–Kier alpha value is -7.95. The van der Waals surface area contributed by atoms with Gasteiger partial charge >= 0.3 is 0 Å². The van der Waals surface area contributed by atoms with Gasteiger partial charge in [-0.15, -0.1) is 0 Å². The van der Waals surface area contributed by atoms with Crippen LogP contribution in [0.2, 0.25) is 0 Å². The summed E-state index contributed by atoms with van der Waals surface area (Å²) in [6, 6.07) is 76.2. The number of anilines is 3. The molecule has 0 aliphatic carbocycles. The SMILES string of the molecule is c1ccc(-c2ccc(N(c3ccc(-c4cccnc4)cc3)c3ccc(-c4ccc5c(c4)c4ccc6ccn(-c7ccccc7)c6c4n5-c4ccccc4)cc3)cc2)cc1. The summed E-state index contributed by atoms with van der Waals surface area (Å²) in [6.45, 7) is 0. The monoisotopic (exact) mass is 754 g/mol. The standard InChI is InChI=1S/C55H38N4/c1-4-11-39(12-5-1)40-18-26-48(27-19-40)58(50-30-22-42(23-31-50)45-13-10-35-56-38-45)49-28-20-41(21-29-49)44-25-33-53-52(37-44)51-32-24-43-34-36-57(46-14-6-2-7-15-46)54(43)55(51)59(53)47-16-8-3-9-17-47/h1-38H. The third-order valence-corrected chi connectivity index (χ3v) is 11.4.